The molecule has 2 heterocycles. The first-order valence-electron chi connectivity index (χ1n) is 9.27. The van der Waals surface area contributed by atoms with Gasteiger partial charge in [0.05, 0.1) is 30.8 Å². The van der Waals surface area contributed by atoms with Gasteiger partial charge < -0.3 is 10.0 Å². The summed E-state index contributed by atoms with van der Waals surface area (Å²) in [5.74, 6) is -0.286. The number of rotatable bonds is 4. The number of H-pyrrole nitrogens is 1. The largest absolute Gasteiger partial charge is 0.394 e. The Hall–Kier alpha value is -2.41. The van der Waals surface area contributed by atoms with Crippen molar-refractivity contribution in [2.24, 2.45) is 5.41 Å². The Bertz CT molecular complexity index is 944. The molecule has 0 unspecified atom stereocenters. The summed E-state index contributed by atoms with van der Waals surface area (Å²) in [6.45, 7) is 5.04. The normalized spacial score (nSPS) is 23.2. The first-order chi connectivity index (χ1) is 12.8. The van der Waals surface area contributed by atoms with Crippen molar-refractivity contribution >= 4 is 5.91 Å². The van der Waals surface area contributed by atoms with E-state index in [0.29, 0.717) is 25.1 Å². The standard InChI is InChI=1S/C20H24FN3O3/c1-19(2)12-20(19,13-3-5-14(21)6-4-13)18(27)23-8-7-15-16(11-23)22-24(9-10-25)17(15)26/h3-6,22,25H,7-12H2,1-2H3/t20-/m1/s1. The lowest BCUT2D eigenvalue weighted by Gasteiger charge is -2.32. The molecule has 6 nitrogen and oxygen atoms in total. The van der Waals surface area contributed by atoms with Gasteiger partial charge in [-0.15, -0.1) is 0 Å². The topological polar surface area (TPSA) is 78.3 Å². The molecular formula is C20H24FN3O3. The van der Waals surface area contributed by atoms with Crippen LogP contribution in [0.15, 0.2) is 29.1 Å². The molecule has 0 saturated heterocycles. The van der Waals surface area contributed by atoms with Crippen molar-refractivity contribution in [3.05, 3.63) is 57.3 Å². The Kier molecular flexibility index (Phi) is 4.03. The third kappa shape index (κ3) is 2.64. The molecule has 0 radical (unpaired) electrons. The van der Waals surface area contributed by atoms with Gasteiger partial charge in [-0.05, 0) is 36.0 Å². The fourth-order valence-electron chi connectivity index (χ4n) is 4.51. The highest BCUT2D eigenvalue weighted by molar-refractivity contribution is 5.93. The molecule has 0 spiro atoms. The molecule has 1 aromatic carbocycles. The maximum atomic E-state index is 13.5. The number of aromatic amines is 1. The fraction of sp³-hybridized carbons (Fsp3) is 0.500. The Labute approximate surface area is 156 Å². The van der Waals surface area contributed by atoms with E-state index < -0.39 is 5.41 Å². The van der Waals surface area contributed by atoms with Gasteiger partial charge in [0.1, 0.15) is 5.82 Å². The molecule has 1 aliphatic heterocycles. The van der Waals surface area contributed by atoms with Gasteiger partial charge in [0.15, 0.2) is 0 Å². The molecule has 4 rings (SSSR count). The summed E-state index contributed by atoms with van der Waals surface area (Å²) in [5, 5.41) is 12.1. The van der Waals surface area contributed by atoms with Crippen LogP contribution in [0.5, 0.6) is 0 Å². The van der Waals surface area contributed by atoms with Gasteiger partial charge in [-0.3, -0.25) is 19.4 Å². The number of benzene rings is 1. The van der Waals surface area contributed by atoms with Crippen molar-refractivity contribution in [2.75, 3.05) is 13.2 Å². The number of carbonyl (C=O) groups is 1. The lowest BCUT2D eigenvalue weighted by Crippen LogP contribution is -2.44. The van der Waals surface area contributed by atoms with Crippen LogP contribution in [-0.2, 0) is 29.7 Å². The van der Waals surface area contributed by atoms with Gasteiger partial charge in [0, 0.05) is 12.1 Å². The van der Waals surface area contributed by atoms with Crippen LogP contribution in [0, 0.1) is 11.2 Å². The minimum Gasteiger partial charge on any atom is -0.394 e. The van der Waals surface area contributed by atoms with Crippen LogP contribution in [0.2, 0.25) is 0 Å². The van der Waals surface area contributed by atoms with Gasteiger partial charge in [-0.25, -0.2) is 4.39 Å². The van der Waals surface area contributed by atoms with Crippen LogP contribution < -0.4 is 5.56 Å². The molecule has 27 heavy (non-hydrogen) atoms. The molecule has 2 aromatic rings. The van der Waals surface area contributed by atoms with Crippen LogP contribution >= 0.6 is 0 Å². The van der Waals surface area contributed by atoms with Gasteiger partial charge in [0.25, 0.3) is 5.56 Å². The number of nitrogens with one attached hydrogen (secondary N) is 1. The molecule has 0 bridgehead atoms. The van der Waals surface area contributed by atoms with Gasteiger partial charge in [0.2, 0.25) is 5.91 Å². The van der Waals surface area contributed by atoms with Crippen molar-refractivity contribution in [2.45, 2.75) is 45.2 Å². The van der Waals surface area contributed by atoms with Gasteiger partial charge in [-0.2, -0.15) is 0 Å². The summed E-state index contributed by atoms with van der Waals surface area (Å²) in [6.07, 6.45) is 1.21. The maximum Gasteiger partial charge on any atom is 0.270 e. The number of fused-ring (bicyclic) bond motifs is 1. The number of aliphatic hydroxyl groups excluding tert-OH is 1. The summed E-state index contributed by atoms with van der Waals surface area (Å²) in [6, 6.07) is 6.22. The van der Waals surface area contributed by atoms with E-state index in [1.807, 2.05) is 0 Å². The van der Waals surface area contributed by atoms with Crippen molar-refractivity contribution in [1.29, 1.82) is 0 Å². The smallest absolute Gasteiger partial charge is 0.270 e. The highest BCUT2D eigenvalue weighted by Gasteiger charge is 2.68. The zero-order valence-electron chi connectivity index (χ0n) is 15.6. The Morgan fingerprint density at radius 2 is 1.96 bits per heavy atom. The number of halogens is 1. The first kappa shape index (κ1) is 18.0. The fourth-order valence-corrected chi connectivity index (χ4v) is 4.51. The average molecular weight is 373 g/mol. The highest BCUT2D eigenvalue weighted by atomic mass is 19.1. The first-order valence-corrected chi connectivity index (χ1v) is 9.27. The molecule has 1 aromatic heterocycles. The van der Waals surface area contributed by atoms with Crippen molar-refractivity contribution in [1.82, 2.24) is 14.7 Å². The third-order valence-electron chi connectivity index (χ3n) is 6.17. The lowest BCUT2D eigenvalue weighted by molar-refractivity contribution is -0.136. The summed E-state index contributed by atoms with van der Waals surface area (Å²) < 4.78 is 14.8. The SMILES string of the molecule is CC1(C)C[C@]1(C(=O)N1CCc2c([nH]n(CCO)c2=O)C1)c1ccc(F)cc1. The van der Waals surface area contributed by atoms with E-state index in [1.54, 1.807) is 17.0 Å². The third-order valence-corrected chi connectivity index (χ3v) is 6.17. The molecule has 2 aliphatic rings. The summed E-state index contributed by atoms with van der Waals surface area (Å²) >= 11 is 0. The number of carbonyl (C=O) groups excluding carboxylic acids is 1. The molecular weight excluding hydrogens is 349 g/mol. The van der Waals surface area contributed by atoms with E-state index in [9.17, 15) is 14.0 Å². The molecule has 1 fully saturated rings. The minimum atomic E-state index is -0.647. The molecule has 1 atom stereocenters. The highest BCUT2D eigenvalue weighted by Crippen LogP contribution is 2.65. The van der Waals surface area contributed by atoms with Gasteiger partial charge in [-0.1, -0.05) is 26.0 Å². The van der Waals surface area contributed by atoms with E-state index in [1.165, 1.54) is 16.8 Å². The molecule has 1 saturated carbocycles. The second-order valence-electron chi connectivity index (χ2n) is 8.20. The number of aliphatic hydroxyl groups is 1. The minimum absolute atomic E-state index is 0.0283. The Balaban J connectivity index is 1.64. The zero-order valence-corrected chi connectivity index (χ0v) is 15.6. The van der Waals surface area contributed by atoms with Crippen molar-refractivity contribution in [3.8, 4) is 0 Å². The zero-order chi connectivity index (χ0) is 19.4. The van der Waals surface area contributed by atoms with Gasteiger partial charge >= 0.3 is 0 Å². The molecule has 144 valence electrons. The van der Waals surface area contributed by atoms with Crippen LogP contribution in [0.4, 0.5) is 4.39 Å². The number of amides is 1. The number of hydrogen-bond donors (Lipinski definition) is 2. The van der Waals surface area contributed by atoms with Crippen molar-refractivity contribution < 1.29 is 14.3 Å². The predicted octanol–water partition coefficient (Wildman–Crippen LogP) is 1.56. The van der Waals surface area contributed by atoms with E-state index in [4.69, 9.17) is 5.11 Å². The molecule has 2 N–H and O–H groups in total. The Morgan fingerprint density at radius 3 is 2.56 bits per heavy atom. The van der Waals surface area contributed by atoms with E-state index in [-0.39, 0.29) is 35.9 Å². The number of nitrogens with zero attached hydrogens (tertiary/aromatic N) is 2. The maximum absolute atomic E-state index is 13.5. The molecule has 1 amide bonds. The van der Waals surface area contributed by atoms with Crippen LogP contribution in [0.1, 0.15) is 37.1 Å². The van der Waals surface area contributed by atoms with E-state index in [0.717, 1.165) is 17.7 Å². The summed E-state index contributed by atoms with van der Waals surface area (Å²) in [7, 11) is 0. The Morgan fingerprint density at radius 1 is 1.30 bits per heavy atom. The number of hydrogen-bond acceptors (Lipinski definition) is 3. The summed E-state index contributed by atoms with van der Waals surface area (Å²) in [4.78, 5) is 27.6. The van der Waals surface area contributed by atoms with Crippen LogP contribution in [-0.4, -0.2) is 38.8 Å². The van der Waals surface area contributed by atoms with Crippen molar-refractivity contribution in [3.63, 3.8) is 0 Å². The van der Waals surface area contributed by atoms with E-state index in [2.05, 4.69) is 18.9 Å². The molecule has 7 heteroatoms. The monoisotopic (exact) mass is 373 g/mol. The number of aromatic nitrogens is 2. The second-order valence-corrected chi connectivity index (χ2v) is 8.20. The van der Waals surface area contributed by atoms with Crippen LogP contribution in [0.25, 0.3) is 0 Å². The van der Waals surface area contributed by atoms with Crippen LogP contribution in [0.3, 0.4) is 0 Å². The quantitative estimate of drug-likeness (QED) is 0.854. The molecule has 1 aliphatic carbocycles. The summed E-state index contributed by atoms with van der Waals surface area (Å²) in [5.41, 5.74) is 1.31. The predicted molar refractivity (Wildman–Crippen MR) is 97.7 cm³/mol. The lowest BCUT2D eigenvalue weighted by atomic mass is 9.86. The van der Waals surface area contributed by atoms with E-state index >= 15 is 0 Å². The average Bonchev–Trinajstić information content (AvgIpc) is 3.10. The second kappa shape index (κ2) is 6.05.